The first-order valence-corrected chi connectivity index (χ1v) is 5.77. The third-order valence-electron chi connectivity index (χ3n) is 2.13. The SMILES string of the molecule is Cc1ccc(F)c(OCc2cnc(C)s2)c1. The predicted octanol–water partition coefficient (Wildman–Crippen LogP) is 3.48. The summed E-state index contributed by atoms with van der Waals surface area (Å²) in [6.07, 6.45) is 1.76. The number of hydrogen-bond acceptors (Lipinski definition) is 3. The average molecular weight is 237 g/mol. The molecular weight excluding hydrogens is 225 g/mol. The third-order valence-corrected chi connectivity index (χ3v) is 3.01. The molecular formula is C12H12FNOS. The Morgan fingerprint density at radius 2 is 2.19 bits per heavy atom. The van der Waals surface area contributed by atoms with Crippen molar-refractivity contribution in [3.8, 4) is 5.75 Å². The third kappa shape index (κ3) is 2.58. The number of halogens is 1. The van der Waals surface area contributed by atoms with Crippen molar-refractivity contribution < 1.29 is 9.13 Å². The molecule has 1 aromatic heterocycles. The van der Waals surface area contributed by atoms with Crippen LogP contribution in [0.5, 0.6) is 5.75 Å². The summed E-state index contributed by atoms with van der Waals surface area (Å²) < 4.78 is 18.8. The molecule has 84 valence electrons. The van der Waals surface area contributed by atoms with Gasteiger partial charge in [0.2, 0.25) is 0 Å². The van der Waals surface area contributed by atoms with Crippen LogP contribution in [0, 0.1) is 19.7 Å². The molecule has 0 spiro atoms. The first-order chi connectivity index (χ1) is 7.65. The van der Waals surface area contributed by atoms with Gasteiger partial charge in [-0.1, -0.05) is 6.07 Å². The fourth-order valence-corrected chi connectivity index (χ4v) is 2.05. The largest absolute Gasteiger partial charge is 0.485 e. The van der Waals surface area contributed by atoms with Crippen molar-refractivity contribution in [2.75, 3.05) is 0 Å². The number of benzene rings is 1. The summed E-state index contributed by atoms with van der Waals surface area (Å²) in [4.78, 5) is 5.11. The summed E-state index contributed by atoms with van der Waals surface area (Å²) in [5, 5.41) is 0.989. The molecule has 0 amide bonds. The molecule has 2 rings (SSSR count). The van der Waals surface area contributed by atoms with Gasteiger partial charge in [-0.2, -0.15) is 0 Å². The van der Waals surface area contributed by atoms with E-state index in [0.29, 0.717) is 12.4 Å². The lowest BCUT2D eigenvalue weighted by Crippen LogP contribution is -1.95. The lowest BCUT2D eigenvalue weighted by Gasteiger charge is -2.06. The van der Waals surface area contributed by atoms with Crippen molar-refractivity contribution in [3.63, 3.8) is 0 Å². The minimum atomic E-state index is -0.327. The summed E-state index contributed by atoms with van der Waals surface area (Å²) in [5.74, 6) is -0.0297. The zero-order valence-electron chi connectivity index (χ0n) is 9.16. The van der Waals surface area contributed by atoms with Crippen LogP contribution in [0.25, 0.3) is 0 Å². The van der Waals surface area contributed by atoms with Crippen LogP contribution < -0.4 is 4.74 Å². The van der Waals surface area contributed by atoms with E-state index in [0.717, 1.165) is 15.4 Å². The van der Waals surface area contributed by atoms with Crippen LogP contribution >= 0.6 is 11.3 Å². The second-order valence-corrected chi connectivity index (χ2v) is 4.89. The molecule has 0 aliphatic carbocycles. The number of hydrogen-bond donors (Lipinski definition) is 0. The van der Waals surface area contributed by atoms with Crippen LogP contribution in [0.15, 0.2) is 24.4 Å². The number of nitrogens with zero attached hydrogens (tertiary/aromatic N) is 1. The fraction of sp³-hybridized carbons (Fsp3) is 0.250. The molecule has 16 heavy (non-hydrogen) atoms. The van der Waals surface area contributed by atoms with Gasteiger partial charge in [-0.05, 0) is 31.5 Å². The molecule has 0 aliphatic heterocycles. The van der Waals surface area contributed by atoms with E-state index in [-0.39, 0.29) is 5.82 Å². The number of aromatic nitrogens is 1. The fourth-order valence-electron chi connectivity index (χ4n) is 1.34. The standard InChI is InChI=1S/C12H12FNOS/c1-8-3-4-11(13)12(5-8)15-7-10-6-14-9(2)16-10/h3-6H,7H2,1-2H3. The first-order valence-electron chi connectivity index (χ1n) is 4.95. The van der Waals surface area contributed by atoms with E-state index < -0.39 is 0 Å². The van der Waals surface area contributed by atoms with Crippen LogP contribution in [-0.2, 0) is 6.61 Å². The Morgan fingerprint density at radius 3 is 2.88 bits per heavy atom. The Bertz CT molecular complexity index is 496. The highest BCUT2D eigenvalue weighted by Crippen LogP contribution is 2.21. The van der Waals surface area contributed by atoms with Gasteiger partial charge in [0.15, 0.2) is 11.6 Å². The number of ether oxygens (including phenoxy) is 1. The average Bonchev–Trinajstić information content (AvgIpc) is 2.66. The number of aryl methyl sites for hydroxylation is 2. The van der Waals surface area contributed by atoms with E-state index in [1.165, 1.54) is 6.07 Å². The maximum Gasteiger partial charge on any atom is 0.165 e. The molecule has 0 saturated heterocycles. The number of thiazole rings is 1. The van der Waals surface area contributed by atoms with Crippen molar-refractivity contribution in [1.29, 1.82) is 0 Å². The van der Waals surface area contributed by atoms with Gasteiger partial charge in [0, 0.05) is 6.20 Å². The van der Waals surface area contributed by atoms with Crippen molar-refractivity contribution in [3.05, 3.63) is 45.7 Å². The number of rotatable bonds is 3. The lowest BCUT2D eigenvalue weighted by molar-refractivity contribution is 0.293. The van der Waals surface area contributed by atoms with Gasteiger partial charge in [-0.3, -0.25) is 0 Å². The molecule has 0 fully saturated rings. The topological polar surface area (TPSA) is 22.1 Å². The molecule has 0 N–H and O–H groups in total. The highest BCUT2D eigenvalue weighted by molar-refractivity contribution is 7.11. The van der Waals surface area contributed by atoms with Crippen LogP contribution in [0.4, 0.5) is 4.39 Å². The van der Waals surface area contributed by atoms with E-state index in [1.807, 2.05) is 13.8 Å². The zero-order valence-corrected chi connectivity index (χ0v) is 9.97. The molecule has 0 radical (unpaired) electrons. The maximum absolute atomic E-state index is 13.3. The predicted molar refractivity (Wildman–Crippen MR) is 62.3 cm³/mol. The molecule has 1 aromatic carbocycles. The van der Waals surface area contributed by atoms with E-state index in [9.17, 15) is 4.39 Å². The highest BCUT2D eigenvalue weighted by Gasteiger charge is 2.05. The molecule has 0 bridgehead atoms. The minimum Gasteiger partial charge on any atom is -0.485 e. The van der Waals surface area contributed by atoms with Crippen molar-refractivity contribution in [2.45, 2.75) is 20.5 Å². The molecule has 0 atom stereocenters. The first kappa shape index (κ1) is 11.1. The Labute approximate surface area is 97.7 Å². The van der Waals surface area contributed by atoms with Crippen LogP contribution in [0.3, 0.4) is 0 Å². The lowest BCUT2D eigenvalue weighted by atomic mass is 10.2. The van der Waals surface area contributed by atoms with Gasteiger partial charge in [0.25, 0.3) is 0 Å². The van der Waals surface area contributed by atoms with E-state index in [4.69, 9.17) is 4.74 Å². The normalized spacial score (nSPS) is 10.4. The second-order valence-electron chi connectivity index (χ2n) is 3.57. The Balaban J connectivity index is 2.07. The summed E-state index contributed by atoms with van der Waals surface area (Å²) >= 11 is 1.56. The Kier molecular flexibility index (Phi) is 3.19. The molecule has 2 nitrogen and oxygen atoms in total. The van der Waals surface area contributed by atoms with Gasteiger partial charge < -0.3 is 4.74 Å². The van der Waals surface area contributed by atoms with E-state index in [1.54, 1.807) is 29.7 Å². The minimum absolute atomic E-state index is 0.297. The van der Waals surface area contributed by atoms with Crippen molar-refractivity contribution in [2.24, 2.45) is 0 Å². The van der Waals surface area contributed by atoms with Gasteiger partial charge in [0.05, 0.1) is 9.88 Å². The van der Waals surface area contributed by atoms with Crippen LogP contribution in [0.2, 0.25) is 0 Å². The Hall–Kier alpha value is -1.42. The van der Waals surface area contributed by atoms with Crippen LogP contribution in [-0.4, -0.2) is 4.98 Å². The molecule has 0 aliphatic rings. The monoisotopic (exact) mass is 237 g/mol. The van der Waals surface area contributed by atoms with E-state index >= 15 is 0 Å². The van der Waals surface area contributed by atoms with Crippen molar-refractivity contribution in [1.82, 2.24) is 4.98 Å². The molecule has 2 aromatic rings. The molecule has 1 heterocycles. The van der Waals surface area contributed by atoms with Gasteiger partial charge >= 0.3 is 0 Å². The van der Waals surface area contributed by atoms with Gasteiger partial charge in [-0.25, -0.2) is 9.37 Å². The summed E-state index contributed by atoms with van der Waals surface area (Å²) in [6.45, 7) is 4.20. The smallest absolute Gasteiger partial charge is 0.165 e. The second kappa shape index (κ2) is 4.61. The molecule has 0 saturated carbocycles. The summed E-state index contributed by atoms with van der Waals surface area (Å²) in [6, 6.07) is 4.84. The summed E-state index contributed by atoms with van der Waals surface area (Å²) in [7, 11) is 0. The molecule has 4 heteroatoms. The van der Waals surface area contributed by atoms with E-state index in [2.05, 4.69) is 4.98 Å². The maximum atomic E-state index is 13.3. The highest BCUT2D eigenvalue weighted by atomic mass is 32.1. The quantitative estimate of drug-likeness (QED) is 0.815. The zero-order chi connectivity index (χ0) is 11.5. The van der Waals surface area contributed by atoms with Crippen molar-refractivity contribution >= 4 is 11.3 Å². The summed E-state index contributed by atoms with van der Waals surface area (Å²) in [5.41, 5.74) is 0.983. The Morgan fingerprint density at radius 1 is 1.38 bits per heavy atom. The molecule has 0 unspecified atom stereocenters. The van der Waals surface area contributed by atoms with Gasteiger partial charge in [-0.15, -0.1) is 11.3 Å². The van der Waals surface area contributed by atoms with Crippen LogP contribution in [0.1, 0.15) is 15.4 Å². The van der Waals surface area contributed by atoms with Gasteiger partial charge in [0.1, 0.15) is 6.61 Å².